The number of nitro groups is 1. The lowest BCUT2D eigenvalue weighted by Gasteiger charge is -2.21. The fraction of sp³-hybridized carbons (Fsp3) is 0.222. The average Bonchev–Trinajstić information content (AvgIpc) is 3.24. The number of non-ortho nitro benzene ring substituents is 1. The summed E-state index contributed by atoms with van der Waals surface area (Å²) in [5, 5.41) is 10.7. The molecule has 0 saturated carbocycles. The van der Waals surface area contributed by atoms with Crippen LogP contribution in [0.1, 0.15) is 27.9 Å². The number of amides is 1. The van der Waals surface area contributed by atoms with Gasteiger partial charge in [0, 0.05) is 36.3 Å². The minimum absolute atomic E-state index is 0.0372. The molecule has 3 aromatic rings. The van der Waals surface area contributed by atoms with Gasteiger partial charge in [-0.3, -0.25) is 24.5 Å². The Morgan fingerprint density at radius 3 is 2.14 bits per heavy atom. The van der Waals surface area contributed by atoms with Crippen LogP contribution in [0.3, 0.4) is 0 Å². The van der Waals surface area contributed by atoms with Crippen LogP contribution in [-0.2, 0) is 14.3 Å². The van der Waals surface area contributed by atoms with E-state index in [-0.39, 0.29) is 30.3 Å². The number of benzene rings is 3. The molecule has 1 amide bonds. The van der Waals surface area contributed by atoms with E-state index in [0.29, 0.717) is 17.1 Å². The highest BCUT2D eigenvalue weighted by Crippen LogP contribution is 2.31. The lowest BCUT2D eigenvalue weighted by Crippen LogP contribution is -2.28. The highest BCUT2D eigenvalue weighted by Gasteiger charge is 2.37. The number of hydrogen-bond donors (Lipinski definition) is 0. The maximum absolute atomic E-state index is 12.6. The number of hydrogen-bond acceptors (Lipinski definition) is 7. The summed E-state index contributed by atoms with van der Waals surface area (Å²) >= 11 is 0. The quantitative estimate of drug-likeness (QED) is 0.194. The van der Waals surface area contributed by atoms with Crippen molar-refractivity contribution in [3.05, 3.63) is 93.5 Å². The number of anilines is 1. The van der Waals surface area contributed by atoms with Crippen LogP contribution in [0.5, 0.6) is 11.5 Å². The van der Waals surface area contributed by atoms with E-state index in [0.717, 1.165) is 16.8 Å². The van der Waals surface area contributed by atoms with E-state index in [1.165, 1.54) is 24.3 Å². The van der Waals surface area contributed by atoms with Crippen LogP contribution >= 0.6 is 0 Å². The molecule has 0 aromatic heterocycles. The Labute approximate surface area is 207 Å². The summed E-state index contributed by atoms with van der Waals surface area (Å²) in [6, 6.07) is 17.6. The number of ether oxygens (including phenoxy) is 2. The first-order valence-electron chi connectivity index (χ1n) is 11.3. The smallest absolute Gasteiger partial charge is 0.311 e. The second-order valence-electron chi connectivity index (χ2n) is 8.55. The van der Waals surface area contributed by atoms with Crippen molar-refractivity contribution < 1.29 is 28.8 Å². The third-order valence-electron chi connectivity index (χ3n) is 5.97. The number of Topliss-reactive ketones (excluding diaryl/α,β-unsaturated/α-hetero) is 1. The highest BCUT2D eigenvalue weighted by atomic mass is 16.6. The SMILES string of the molecule is Cc1cccc(C)c1N1C[C@@H](C(=O)OCC(=O)c2ccc(Oc3ccc([N+](=O)[O-])cc3)cc2)CC1=O. The van der Waals surface area contributed by atoms with Gasteiger partial charge in [-0.15, -0.1) is 0 Å². The van der Waals surface area contributed by atoms with Gasteiger partial charge >= 0.3 is 5.97 Å². The third-order valence-corrected chi connectivity index (χ3v) is 5.97. The van der Waals surface area contributed by atoms with Crippen LogP contribution in [0.4, 0.5) is 11.4 Å². The monoisotopic (exact) mass is 488 g/mol. The topological polar surface area (TPSA) is 116 Å². The minimum atomic E-state index is -0.637. The fourth-order valence-corrected chi connectivity index (χ4v) is 4.13. The van der Waals surface area contributed by atoms with Gasteiger partial charge in [0.05, 0.1) is 10.8 Å². The van der Waals surface area contributed by atoms with Crippen molar-refractivity contribution in [2.75, 3.05) is 18.1 Å². The lowest BCUT2D eigenvalue weighted by molar-refractivity contribution is -0.384. The molecule has 0 aliphatic carbocycles. The molecular formula is C27H24N2O7. The van der Waals surface area contributed by atoms with Crippen molar-refractivity contribution in [3.8, 4) is 11.5 Å². The molecule has 184 valence electrons. The van der Waals surface area contributed by atoms with Crippen molar-refractivity contribution in [2.45, 2.75) is 20.3 Å². The Kier molecular flexibility index (Phi) is 7.10. The molecule has 0 N–H and O–H groups in total. The minimum Gasteiger partial charge on any atom is -0.457 e. The van der Waals surface area contributed by atoms with E-state index >= 15 is 0 Å². The fourth-order valence-electron chi connectivity index (χ4n) is 4.13. The van der Waals surface area contributed by atoms with Gasteiger partial charge in [-0.25, -0.2) is 0 Å². The van der Waals surface area contributed by atoms with E-state index in [1.807, 2.05) is 32.0 Å². The van der Waals surface area contributed by atoms with Gasteiger partial charge in [0.15, 0.2) is 12.4 Å². The number of esters is 1. The number of nitrogens with zero attached hydrogens (tertiary/aromatic N) is 2. The van der Waals surface area contributed by atoms with Crippen LogP contribution < -0.4 is 9.64 Å². The molecule has 1 aliphatic rings. The van der Waals surface area contributed by atoms with Crippen LogP contribution in [0, 0.1) is 29.9 Å². The molecule has 1 heterocycles. The van der Waals surface area contributed by atoms with E-state index < -0.39 is 23.4 Å². The van der Waals surface area contributed by atoms with Gasteiger partial charge in [0.2, 0.25) is 5.91 Å². The Morgan fingerprint density at radius 1 is 0.972 bits per heavy atom. The molecule has 3 aromatic carbocycles. The summed E-state index contributed by atoms with van der Waals surface area (Å²) in [6.45, 7) is 3.62. The molecule has 1 aliphatic heterocycles. The molecular weight excluding hydrogens is 464 g/mol. The summed E-state index contributed by atoms with van der Waals surface area (Å²) in [7, 11) is 0. The molecule has 36 heavy (non-hydrogen) atoms. The molecule has 0 spiro atoms. The van der Waals surface area contributed by atoms with E-state index in [4.69, 9.17) is 9.47 Å². The standard InChI is InChI=1S/C27H24N2O7/c1-17-4-3-5-18(2)26(17)28-15-20(14-25(28)31)27(32)35-16-24(30)19-6-10-22(11-7-19)36-23-12-8-21(9-13-23)29(33)34/h3-13,20H,14-16H2,1-2H3/t20-/m0/s1. The summed E-state index contributed by atoms with van der Waals surface area (Å²) in [6.07, 6.45) is 0.0372. The van der Waals surface area contributed by atoms with Crippen molar-refractivity contribution in [1.82, 2.24) is 0 Å². The van der Waals surface area contributed by atoms with Gasteiger partial charge in [0.1, 0.15) is 11.5 Å². The van der Waals surface area contributed by atoms with E-state index in [9.17, 15) is 24.5 Å². The first-order chi connectivity index (χ1) is 17.2. The summed E-state index contributed by atoms with van der Waals surface area (Å²) in [5.41, 5.74) is 3.00. The van der Waals surface area contributed by atoms with Crippen LogP contribution in [0.15, 0.2) is 66.7 Å². The van der Waals surface area contributed by atoms with Crippen molar-refractivity contribution in [2.24, 2.45) is 5.92 Å². The van der Waals surface area contributed by atoms with Crippen molar-refractivity contribution >= 4 is 29.0 Å². The Morgan fingerprint density at radius 2 is 1.56 bits per heavy atom. The zero-order chi connectivity index (χ0) is 25.8. The number of para-hydroxylation sites is 1. The number of nitro benzene ring substituents is 1. The van der Waals surface area contributed by atoms with Gasteiger partial charge in [-0.2, -0.15) is 0 Å². The second kappa shape index (κ2) is 10.4. The van der Waals surface area contributed by atoms with Crippen LogP contribution in [0.25, 0.3) is 0 Å². The Balaban J connectivity index is 1.31. The lowest BCUT2D eigenvalue weighted by atomic mass is 10.1. The molecule has 1 saturated heterocycles. The first-order valence-corrected chi connectivity index (χ1v) is 11.3. The van der Waals surface area contributed by atoms with Crippen LogP contribution in [-0.4, -0.2) is 35.7 Å². The molecule has 0 unspecified atom stereocenters. The first kappa shape index (κ1) is 24.6. The van der Waals surface area contributed by atoms with Crippen molar-refractivity contribution in [1.29, 1.82) is 0 Å². The normalized spacial score (nSPS) is 15.0. The number of carbonyl (C=O) groups excluding carboxylic acids is 3. The van der Waals surface area contributed by atoms with E-state index in [2.05, 4.69) is 0 Å². The summed E-state index contributed by atoms with van der Waals surface area (Å²) in [4.78, 5) is 49.5. The molecule has 0 radical (unpaired) electrons. The summed E-state index contributed by atoms with van der Waals surface area (Å²) in [5.74, 6) is -0.904. The van der Waals surface area contributed by atoms with Gasteiger partial charge in [0.25, 0.3) is 5.69 Å². The zero-order valence-corrected chi connectivity index (χ0v) is 19.8. The Bertz CT molecular complexity index is 1300. The average molecular weight is 488 g/mol. The molecule has 4 rings (SSSR count). The Hall–Kier alpha value is -4.53. The largest absolute Gasteiger partial charge is 0.457 e. The summed E-state index contributed by atoms with van der Waals surface area (Å²) < 4.78 is 10.9. The molecule has 1 atom stereocenters. The van der Waals surface area contributed by atoms with Gasteiger partial charge in [-0.1, -0.05) is 18.2 Å². The van der Waals surface area contributed by atoms with Gasteiger partial charge in [-0.05, 0) is 61.4 Å². The second-order valence-corrected chi connectivity index (χ2v) is 8.55. The molecule has 9 heteroatoms. The third kappa shape index (κ3) is 5.41. The van der Waals surface area contributed by atoms with Crippen molar-refractivity contribution in [3.63, 3.8) is 0 Å². The number of carbonyl (C=O) groups is 3. The number of aryl methyl sites for hydroxylation is 2. The number of ketones is 1. The van der Waals surface area contributed by atoms with Crippen LogP contribution in [0.2, 0.25) is 0 Å². The predicted molar refractivity (Wildman–Crippen MR) is 131 cm³/mol. The zero-order valence-electron chi connectivity index (χ0n) is 19.8. The number of rotatable bonds is 8. The molecule has 0 bridgehead atoms. The molecule has 9 nitrogen and oxygen atoms in total. The maximum Gasteiger partial charge on any atom is 0.311 e. The van der Waals surface area contributed by atoms with Gasteiger partial charge < -0.3 is 14.4 Å². The highest BCUT2D eigenvalue weighted by molar-refractivity contribution is 6.01. The maximum atomic E-state index is 12.6. The molecule has 1 fully saturated rings. The predicted octanol–water partition coefficient (Wildman–Crippen LogP) is 4.78. The van der Waals surface area contributed by atoms with E-state index in [1.54, 1.807) is 29.2 Å².